The zero-order valence-corrected chi connectivity index (χ0v) is 36.8. The third kappa shape index (κ3) is 7.77. The largest absolute Gasteiger partial charge is 0.378 e. The van der Waals surface area contributed by atoms with Crippen LogP contribution in [0.25, 0.3) is 16.8 Å². The van der Waals surface area contributed by atoms with Gasteiger partial charge in [0, 0.05) is 90.7 Å². The molecule has 0 spiro atoms. The van der Waals surface area contributed by atoms with Crippen LogP contribution in [0.2, 0.25) is 0 Å². The second-order valence-electron chi connectivity index (χ2n) is 16.0. The Hall–Kier alpha value is -5.40. The first kappa shape index (κ1) is 39.4. The fraction of sp³-hybridized carbons (Fsp3) is 0.192. The molecule has 292 valence electrons. The first-order valence-electron chi connectivity index (χ1n) is 20.1. The molecule has 0 heterocycles. The summed E-state index contributed by atoms with van der Waals surface area (Å²) in [6.45, 7) is 0. The van der Waals surface area contributed by atoms with Crippen LogP contribution >= 0.6 is 15.8 Å². The summed E-state index contributed by atoms with van der Waals surface area (Å²) in [6.07, 6.45) is 4.96. The topological polar surface area (TPSA) is 13.0 Å². The molecule has 4 nitrogen and oxygen atoms in total. The Bertz CT molecular complexity index is 2420. The normalized spacial score (nSPS) is 14.8. The smallest absolute Gasteiger partial charge is 0.0361 e. The molecule has 58 heavy (non-hydrogen) atoms. The van der Waals surface area contributed by atoms with Crippen molar-refractivity contribution in [1.82, 2.24) is 0 Å². The minimum absolute atomic E-state index is 0.0996. The summed E-state index contributed by atoms with van der Waals surface area (Å²) in [6, 6.07) is 60.5. The Kier molecular flexibility index (Phi) is 11.4. The van der Waals surface area contributed by atoms with Crippen molar-refractivity contribution in [3.63, 3.8) is 0 Å². The number of allylic oxidation sites excluding steroid dienone is 1. The summed E-state index contributed by atoms with van der Waals surface area (Å²) in [5.74, 6) is 0.0996. The van der Waals surface area contributed by atoms with Crippen LogP contribution < -0.4 is 46.1 Å². The van der Waals surface area contributed by atoms with Crippen LogP contribution in [0.4, 0.5) is 22.7 Å². The molecule has 1 aliphatic carbocycles. The molecular weight excluding hydrogens is 743 g/mol. The average Bonchev–Trinajstić information content (AvgIpc) is 3.24. The van der Waals surface area contributed by atoms with Crippen molar-refractivity contribution in [2.24, 2.45) is 0 Å². The Morgan fingerprint density at radius 3 is 1.33 bits per heavy atom. The van der Waals surface area contributed by atoms with Crippen molar-refractivity contribution >= 4 is 82.0 Å². The SMILES string of the molecule is CN(C)c1ccc(P(c2ccc(N(C)C)cc2)c2ccc3ccccc3c2C2c3ccccc3C=CC2P(c2ccc(N(C)C)cc2)c2ccc(N(C)C)cc2)cc1. The standard InChI is InChI=1S/C52H54N4P2/c1-53(2)39-19-27-43(28-20-39)57(44-29-21-40(22-30-44)54(3)4)49-35-17-37-13-9-11-15-47(37)51(49)52-48-16-12-10-14-38(48)18-36-50(52)58(45-31-23-41(24-32-45)55(5)6)46-33-25-42(26-34-46)56(7)8/h9-36,49,51H,1-8H3. The highest BCUT2D eigenvalue weighted by Gasteiger charge is 2.38. The molecule has 0 N–H and O–H groups in total. The second-order valence-corrected chi connectivity index (χ2v) is 20.6. The van der Waals surface area contributed by atoms with E-state index in [9.17, 15) is 0 Å². The number of fused-ring (bicyclic) bond motifs is 2. The van der Waals surface area contributed by atoms with Gasteiger partial charge in [-0.15, -0.1) is 0 Å². The molecule has 0 aromatic heterocycles. The first-order chi connectivity index (χ1) is 28.1. The molecule has 8 rings (SSSR count). The zero-order chi connectivity index (χ0) is 40.5. The maximum Gasteiger partial charge on any atom is 0.0361 e. The lowest BCUT2D eigenvalue weighted by Gasteiger charge is -2.39. The summed E-state index contributed by atoms with van der Waals surface area (Å²) in [5, 5.41) is 9.52. The lowest BCUT2D eigenvalue weighted by Crippen LogP contribution is -2.33. The van der Waals surface area contributed by atoms with Crippen molar-refractivity contribution in [2.45, 2.75) is 11.6 Å². The van der Waals surface area contributed by atoms with Crippen LogP contribution in [-0.2, 0) is 0 Å². The van der Waals surface area contributed by atoms with Gasteiger partial charge in [-0.2, -0.15) is 0 Å². The number of nitrogens with zero attached hydrogens (tertiary/aromatic N) is 4. The van der Waals surface area contributed by atoms with E-state index >= 15 is 0 Å². The average molecular weight is 797 g/mol. The summed E-state index contributed by atoms with van der Waals surface area (Å²) in [5.41, 5.74) is 9.18. The van der Waals surface area contributed by atoms with E-state index in [1.165, 1.54) is 76.7 Å². The minimum Gasteiger partial charge on any atom is -0.378 e. The van der Waals surface area contributed by atoms with Gasteiger partial charge < -0.3 is 19.6 Å². The third-order valence-electron chi connectivity index (χ3n) is 11.5. The maximum atomic E-state index is 2.56. The van der Waals surface area contributed by atoms with Crippen LogP contribution in [-0.4, -0.2) is 62.0 Å². The van der Waals surface area contributed by atoms with Crippen LogP contribution in [0.3, 0.4) is 0 Å². The minimum atomic E-state index is -0.953. The quantitative estimate of drug-likeness (QED) is 0.121. The molecule has 0 radical (unpaired) electrons. The highest BCUT2D eigenvalue weighted by Crippen LogP contribution is 2.54. The van der Waals surface area contributed by atoms with Gasteiger partial charge in [0.2, 0.25) is 0 Å². The Morgan fingerprint density at radius 1 is 0.414 bits per heavy atom. The van der Waals surface area contributed by atoms with E-state index in [4.69, 9.17) is 0 Å². The van der Waals surface area contributed by atoms with Gasteiger partial charge in [0.1, 0.15) is 0 Å². The molecule has 0 aliphatic heterocycles. The third-order valence-corrected chi connectivity index (χ3v) is 16.8. The molecule has 2 atom stereocenters. The predicted octanol–water partition coefficient (Wildman–Crippen LogP) is 9.52. The molecular formula is C52H54N4P2. The summed E-state index contributed by atoms with van der Waals surface area (Å²) in [4.78, 5) is 8.76. The Labute approximate surface area is 348 Å². The summed E-state index contributed by atoms with van der Waals surface area (Å²) < 4.78 is 0. The molecule has 1 aliphatic rings. The van der Waals surface area contributed by atoms with Gasteiger partial charge in [0.05, 0.1) is 0 Å². The van der Waals surface area contributed by atoms with Crippen LogP contribution in [0.15, 0.2) is 164 Å². The Balaban J connectivity index is 1.42. The van der Waals surface area contributed by atoms with E-state index in [1.807, 2.05) is 0 Å². The van der Waals surface area contributed by atoms with Crippen LogP contribution in [0, 0.1) is 0 Å². The molecule has 7 aromatic rings. The lowest BCUT2D eigenvalue weighted by molar-refractivity contribution is 0.842. The van der Waals surface area contributed by atoms with Gasteiger partial charge >= 0.3 is 0 Å². The fourth-order valence-corrected chi connectivity index (χ4v) is 13.6. The van der Waals surface area contributed by atoms with E-state index in [-0.39, 0.29) is 11.6 Å². The highest BCUT2D eigenvalue weighted by atomic mass is 31.1. The Morgan fingerprint density at radius 2 is 0.845 bits per heavy atom. The molecule has 0 fully saturated rings. The molecule has 0 amide bonds. The van der Waals surface area contributed by atoms with Crippen LogP contribution in [0.5, 0.6) is 0 Å². The number of benzene rings is 7. The number of anilines is 4. The van der Waals surface area contributed by atoms with Gasteiger partial charge in [0.15, 0.2) is 0 Å². The van der Waals surface area contributed by atoms with Gasteiger partial charge in [0.25, 0.3) is 0 Å². The van der Waals surface area contributed by atoms with Crippen molar-refractivity contribution in [3.8, 4) is 0 Å². The van der Waals surface area contributed by atoms with E-state index in [0.29, 0.717) is 0 Å². The van der Waals surface area contributed by atoms with E-state index < -0.39 is 15.8 Å². The van der Waals surface area contributed by atoms with Crippen molar-refractivity contribution in [1.29, 1.82) is 0 Å². The molecule has 6 heteroatoms. The van der Waals surface area contributed by atoms with Crippen molar-refractivity contribution in [2.75, 3.05) is 76.0 Å². The number of hydrogen-bond acceptors (Lipinski definition) is 4. The number of hydrogen-bond donors (Lipinski definition) is 0. The van der Waals surface area contributed by atoms with Gasteiger partial charge in [-0.1, -0.05) is 121 Å². The van der Waals surface area contributed by atoms with Gasteiger partial charge in [-0.3, -0.25) is 0 Å². The zero-order valence-electron chi connectivity index (χ0n) is 35.0. The molecule has 0 saturated heterocycles. The molecule has 7 aromatic carbocycles. The molecule has 2 unspecified atom stereocenters. The highest BCUT2D eigenvalue weighted by molar-refractivity contribution is 7.80. The van der Waals surface area contributed by atoms with E-state index in [1.54, 1.807) is 0 Å². The predicted molar refractivity (Wildman–Crippen MR) is 260 cm³/mol. The first-order valence-corrected chi connectivity index (χ1v) is 22.8. The monoisotopic (exact) mass is 796 g/mol. The van der Waals surface area contributed by atoms with Gasteiger partial charge in [-0.05, 0) is 118 Å². The second kappa shape index (κ2) is 16.8. The van der Waals surface area contributed by atoms with Gasteiger partial charge in [-0.25, -0.2) is 0 Å². The lowest BCUT2D eigenvalue weighted by atomic mass is 9.80. The maximum absolute atomic E-state index is 2.56. The van der Waals surface area contributed by atoms with Crippen molar-refractivity contribution in [3.05, 3.63) is 180 Å². The van der Waals surface area contributed by atoms with E-state index in [0.717, 1.165) is 0 Å². The number of rotatable bonds is 11. The summed E-state index contributed by atoms with van der Waals surface area (Å²) >= 11 is 0. The molecule has 0 bridgehead atoms. The van der Waals surface area contributed by atoms with Crippen LogP contribution in [0.1, 0.15) is 22.6 Å². The fourth-order valence-electron chi connectivity index (χ4n) is 8.35. The summed E-state index contributed by atoms with van der Waals surface area (Å²) in [7, 11) is 15.1. The molecule has 0 saturated carbocycles. The van der Waals surface area contributed by atoms with E-state index in [2.05, 4.69) is 246 Å². The van der Waals surface area contributed by atoms with Crippen molar-refractivity contribution < 1.29 is 0 Å².